The van der Waals surface area contributed by atoms with Crippen LogP contribution in [0.15, 0.2) is 85.1 Å². The van der Waals surface area contributed by atoms with E-state index in [0.29, 0.717) is 0 Å². The maximum atomic E-state index is 12.7. The van der Waals surface area contributed by atoms with Crippen LogP contribution in [0.5, 0.6) is 0 Å². The largest absolute Gasteiger partial charge is 0.480 e. The smallest absolute Gasteiger partial charge is 0.408 e. The monoisotopic (exact) mass is 452 g/mol. The van der Waals surface area contributed by atoms with Gasteiger partial charge in [0.2, 0.25) is 0 Å². The number of fused-ring (bicyclic) bond motifs is 4. The standard InChI is InChI=1S/C28H24N2O4/c1-28(26(31)32,16-18-12-13-19-7-6-14-29-25(19)15-18)30-27(33)34-17-24-22-10-4-2-8-20(22)21-9-3-5-11-23(21)24/h2-15,24H,16-17H2,1H3,(H,30,33)(H,31,32). The molecule has 2 N–H and O–H groups in total. The normalized spacial score (nSPS) is 14.1. The van der Waals surface area contributed by atoms with Gasteiger partial charge in [-0.15, -0.1) is 0 Å². The van der Waals surface area contributed by atoms with E-state index in [9.17, 15) is 14.7 Å². The summed E-state index contributed by atoms with van der Waals surface area (Å²) in [6, 6.07) is 25.5. The maximum Gasteiger partial charge on any atom is 0.408 e. The molecular weight excluding hydrogens is 428 g/mol. The zero-order chi connectivity index (χ0) is 23.7. The summed E-state index contributed by atoms with van der Waals surface area (Å²) in [7, 11) is 0. The Balaban J connectivity index is 1.31. The van der Waals surface area contributed by atoms with Gasteiger partial charge in [-0.1, -0.05) is 66.7 Å². The Labute approximate surface area is 197 Å². The molecule has 170 valence electrons. The van der Waals surface area contributed by atoms with Gasteiger partial charge in [0.25, 0.3) is 0 Å². The van der Waals surface area contributed by atoms with Gasteiger partial charge in [-0.05, 0) is 46.9 Å². The number of aliphatic carboxylic acids is 1. The lowest BCUT2D eigenvalue weighted by atomic mass is 9.92. The van der Waals surface area contributed by atoms with Crippen LogP contribution in [0.4, 0.5) is 4.79 Å². The Morgan fingerprint density at radius 1 is 0.971 bits per heavy atom. The van der Waals surface area contributed by atoms with Crippen molar-refractivity contribution in [2.75, 3.05) is 6.61 Å². The van der Waals surface area contributed by atoms with E-state index in [-0.39, 0.29) is 18.9 Å². The van der Waals surface area contributed by atoms with Crippen molar-refractivity contribution in [3.8, 4) is 11.1 Å². The fraction of sp³-hybridized carbons (Fsp3) is 0.179. The fourth-order valence-corrected chi connectivity index (χ4v) is 4.66. The zero-order valence-corrected chi connectivity index (χ0v) is 18.7. The first-order valence-corrected chi connectivity index (χ1v) is 11.1. The first-order valence-electron chi connectivity index (χ1n) is 11.1. The number of nitrogens with zero attached hydrogens (tertiary/aromatic N) is 1. The van der Waals surface area contributed by atoms with Gasteiger partial charge < -0.3 is 15.2 Å². The lowest BCUT2D eigenvalue weighted by Crippen LogP contribution is -2.54. The molecule has 1 heterocycles. The summed E-state index contributed by atoms with van der Waals surface area (Å²) < 4.78 is 5.57. The first-order chi connectivity index (χ1) is 16.4. The van der Waals surface area contributed by atoms with Crippen molar-refractivity contribution in [3.63, 3.8) is 0 Å². The van der Waals surface area contributed by atoms with Crippen molar-refractivity contribution < 1.29 is 19.4 Å². The maximum absolute atomic E-state index is 12.7. The minimum atomic E-state index is -1.54. The average molecular weight is 453 g/mol. The van der Waals surface area contributed by atoms with Gasteiger partial charge in [0.15, 0.2) is 0 Å². The highest BCUT2D eigenvalue weighted by molar-refractivity contribution is 5.85. The highest BCUT2D eigenvalue weighted by Gasteiger charge is 2.36. The predicted octanol–water partition coefficient (Wildman–Crippen LogP) is 5.16. The van der Waals surface area contributed by atoms with Gasteiger partial charge in [-0.25, -0.2) is 9.59 Å². The van der Waals surface area contributed by atoms with E-state index in [1.54, 1.807) is 6.20 Å². The summed E-state index contributed by atoms with van der Waals surface area (Å²) >= 11 is 0. The molecule has 0 aliphatic heterocycles. The molecule has 3 aromatic carbocycles. The number of carbonyl (C=O) groups is 2. The number of benzene rings is 3. The van der Waals surface area contributed by atoms with Crippen LogP contribution in [0.3, 0.4) is 0 Å². The second-order valence-electron chi connectivity index (χ2n) is 8.80. The number of hydrogen-bond acceptors (Lipinski definition) is 4. The van der Waals surface area contributed by atoms with Crippen molar-refractivity contribution in [1.82, 2.24) is 10.3 Å². The number of rotatable bonds is 6. The lowest BCUT2D eigenvalue weighted by molar-refractivity contribution is -0.143. The SMILES string of the molecule is CC(Cc1ccc2cccnc2c1)(NC(=O)OCC1c2ccccc2-c2ccccc21)C(=O)O. The average Bonchev–Trinajstić information content (AvgIpc) is 3.16. The second kappa shape index (κ2) is 8.63. The Bertz CT molecular complexity index is 1350. The van der Waals surface area contributed by atoms with Crippen LogP contribution >= 0.6 is 0 Å². The number of carboxylic acids is 1. The van der Waals surface area contributed by atoms with Crippen LogP contribution in [-0.2, 0) is 16.0 Å². The van der Waals surface area contributed by atoms with Crippen molar-refractivity contribution in [1.29, 1.82) is 0 Å². The van der Waals surface area contributed by atoms with E-state index in [2.05, 4.69) is 22.4 Å². The van der Waals surface area contributed by atoms with Gasteiger partial charge in [-0.3, -0.25) is 4.98 Å². The topological polar surface area (TPSA) is 88.5 Å². The van der Waals surface area contributed by atoms with Crippen LogP contribution < -0.4 is 5.32 Å². The molecule has 5 rings (SSSR count). The van der Waals surface area contributed by atoms with Crippen LogP contribution in [0, 0.1) is 0 Å². The van der Waals surface area contributed by atoms with E-state index in [1.807, 2.05) is 66.7 Å². The summed E-state index contributed by atoms with van der Waals surface area (Å²) in [5.74, 6) is -1.23. The third-order valence-corrected chi connectivity index (χ3v) is 6.42. The first kappa shape index (κ1) is 21.6. The fourth-order valence-electron chi connectivity index (χ4n) is 4.66. The summed E-state index contributed by atoms with van der Waals surface area (Å²) in [6.45, 7) is 1.61. The van der Waals surface area contributed by atoms with Crippen molar-refractivity contribution in [3.05, 3.63) is 102 Å². The molecule has 1 aromatic heterocycles. The zero-order valence-electron chi connectivity index (χ0n) is 18.7. The Hall–Kier alpha value is -4.19. The van der Waals surface area contributed by atoms with Crippen LogP contribution in [0.1, 0.15) is 29.5 Å². The number of amides is 1. The number of aromatic nitrogens is 1. The minimum absolute atomic E-state index is 0.0963. The molecule has 0 radical (unpaired) electrons. The number of pyridine rings is 1. The molecule has 34 heavy (non-hydrogen) atoms. The number of carboxylic acid groups (broad SMARTS) is 1. The van der Waals surface area contributed by atoms with Crippen molar-refractivity contribution >= 4 is 23.0 Å². The third kappa shape index (κ3) is 3.99. The summed E-state index contributed by atoms with van der Waals surface area (Å²) in [5.41, 5.74) is 4.46. The number of nitrogens with one attached hydrogen (secondary N) is 1. The van der Waals surface area contributed by atoms with Gasteiger partial charge in [-0.2, -0.15) is 0 Å². The molecule has 1 unspecified atom stereocenters. The molecule has 0 spiro atoms. The molecule has 0 bridgehead atoms. The summed E-state index contributed by atoms with van der Waals surface area (Å²) in [4.78, 5) is 29.2. The molecule has 4 aromatic rings. The molecule has 0 saturated carbocycles. The van der Waals surface area contributed by atoms with Gasteiger partial charge in [0.1, 0.15) is 12.1 Å². The molecule has 1 atom stereocenters. The van der Waals surface area contributed by atoms with E-state index in [0.717, 1.165) is 38.7 Å². The molecule has 1 aliphatic rings. The lowest BCUT2D eigenvalue weighted by Gasteiger charge is -2.26. The summed E-state index contributed by atoms with van der Waals surface area (Å²) in [5, 5.41) is 13.5. The van der Waals surface area contributed by atoms with Gasteiger partial charge in [0, 0.05) is 23.9 Å². The van der Waals surface area contributed by atoms with E-state index in [4.69, 9.17) is 4.74 Å². The second-order valence-corrected chi connectivity index (χ2v) is 8.80. The van der Waals surface area contributed by atoms with Crippen LogP contribution in [-0.4, -0.2) is 34.3 Å². The van der Waals surface area contributed by atoms with Crippen LogP contribution in [0.2, 0.25) is 0 Å². The highest BCUT2D eigenvalue weighted by atomic mass is 16.5. The minimum Gasteiger partial charge on any atom is -0.480 e. The summed E-state index contributed by atoms with van der Waals surface area (Å²) in [6.07, 6.45) is 1.03. The van der Waals surface area contributed by atoms with E-state index < -0.39 is 17.6 Å². The molecule has 6 heteroatoms. The molecule has 1 amide bonds. The van der Waals surface area contributed by atoms with E-state index >= 15 is 0 Å². The Morgan fingerprint density at radius 2 is 1.65 bits per heavy atom. The van der Waals surface area contributed by atoms with E-state index in [1.165, 1.54) is 6.92 Å². The molecule has 0 fully saturated rings. The van der Waals surface area contributed by atoms with Crippen molar-refractivity contribution in [2.24, 2.45) is 0 Å². The molecular formula is C28H24N2O4. The quantitative estimate of drug-likeness (QED) is 0.422. The number of ether oxygens (including phenoxy) is 1. The Morgan fingerprint density at radius 3 is 2.32 bits per heavy atom. The third-order valence-electron chi connectivity index (χ3n) is 6.42. The molecule has 1 aliphatic carbocycles. The molecule has 0 saturated heterocycles. The predicted molar refractivity (Wildman–Crippen MR) is 130 cm³/mol. The number of alkyl carbamates (subject to hydrolysis) is 1. The van der Waals surface area contributed by atoms with Gasteiger partial charge >= 0.3 is 12.1 Å². The van der Waals surface area contributed by atoms with Crippen molar-refractivity contribution in [2.45, 2.75) is 24.8 Å². The number of carbonyl (C=O) groups excluding carboxylic acids is 1. The molecule has 6 nitrogen and oxygen atoms in total. The van der Waals surface area contributed by atoms with Gasteiger partial charge in [0.05, 0.1) is 5.52 Å². The highest BCUT2D eigenvalue weighted by Crippen LogP contribution is 2.44. The Kier molecular flexibility index (Phi) is 5.49. The van der Waals surface area contributed by atoms with Crippen LogP contribution in [0.25, 0.3) is 22.0 Å². The number of hydrogen-bond donors (Lipinski definition) is 2.